The Kier molecular flexibility index (Phi) is 8.03. The Labute approximate surface area is 198 Å². The number of rotatable bonds is 10. The number of carbonyl (C=O) groups excluding carboxylic acids is 1. The van der Waals surface area contributed by atoms with Gasteiger partial charge in [-0.2, -0.15) is 0 Å². The zero-order valence-electron chi connectivity index (χ0n) is 19.0. The largest absolute Gasteiger partial charge is 0.496 e. The minimum absolute atomic E-state index is 0.123. The molecular formula is C27H27NO6. The van der Waals surface area contributed by atoms with Crippen LogP contribution in [0.25, 0.3) is 11.1 Å². The molecule has 0 aliphatic rings. The van der Waals surface area contributed by atoms with E-state index in [9.17, 15) is 24.6 Å². The lowest BCUT2D eigenvalue weighted by Gasteiger charge is -2.21. The van der Waals surface area contributed by atoms with Gasteiger partial charge in [0.05, 0.1) is 13.0 Å². The quantitative estimate of drug-likeness (QED) is 0.409. The lowest BCUT2D eigenvalue weighted by Crippen LogP contribution is -2.38. The second-order valence-corrected chi connectivity index (χ2v) is 8.13. The number of carbonyl (C=O) groups is 3. The van der Waals surface area contributed by atoms with Crippen molar-refractivity contribution in [1.29, 1.82) is 0 Å². The highest BCUT2D eigenvalue weighted by molar-refractivity contribution is 5.99. The summed E-state index contributed by atoms with van der Waals surface area (Å²) in [5, 5.41) is 21.6. The van der Waals surface area contributed by atoms with Gasteiger partial charge in [-0.25, -0.2) is 4.79 Å². The van der Waals surface area contributed by atoms with E-state index in [0.29, 0.717) is 6.42 Å². The van der Waals surface area contributed by atoms with Gasteiger partial charge < -0.3 is 20.3 Å². The highest BCUT2D eigenvalue weighted by Crippen LogP contribution is 2.22. The Morgan fingerprint density at radius 2 is 1.56 bits per heavy atom. The molecule has 1 amide bonds. The van der Waals surface area contributed by atoms with E-state index >= 15 is 0 Å². The molecule has 7 nitrogen and oxygen atoms in total. The van der Waals surface area contributed by atoms with Crippen LogP contribution in [0.2, 0.25) is 0 Å². The van der Waals surface area contributed by atoms with Crippen molar-refractivity contribution in [1.82, 2.24) is 5.32 Å². The van der Waals surface area contributed by atoms with Gasteiger partial charge in [0.25, 0.3) is 5.91 Å². The molecule has 3 aromatic carbocycles. The van der Waals surface area contributed by atoms with Gasteiger partial charge in [0, 0.05) is 11.6 Å². The molecule has 0 fully saturated rings. The first-order chi connectivity index (χ1) is 16.3. The number of methoxy groups -OCH3 is 1. The molecule has 0 heterocycles. The predicted octanol–water partition coefficient (Wildman–Crippen LogP) is 4.51. The molecule has 0 aliphatic heterocycles. The number of carboxylic acids is 2. The lowest BCUT2D eigenvalue weighted by atomic mass is 9.94. The summed E-state index contributed by atoms with van der Waals surface area (Å²) in [6.45, 7) is 1.59. The van der Waals surface area contributed by atoms with Crippen LogP contribution in [0.4, 0.5) is 0 Å². The van der Waals surface area contributed by atoms with Gasteiger partial charge in [0.1, 0.15) is 11.3 Å². The fourth-order valence-electron chi connectivity index (χ4n) is 3.75. The molecule has 3 aromatic rings. The van der Waals surface area contributed by atoms with Gasteiger partial charge in [-0.1, -0.05) is 61.5 Å². The number of aromatic carboxylic acids is 1. The molecule has 0 bridgehead atoms. The van der Waals surface area contributed by atoms with Crippen molar-refractivity contribution < 1.29 is 29.3 Å². The molecule has 0 spiro atoms. The van der Waals surface area contributed by atoms with E-state index in [0.717, 1.165) is 16.7 Å². The SMILES string of the molecule is COc1ccc(C(=O)N[C@H](Cc2ccc(-c3ccccc3)cc2)C[C@@H](C)C(=O)O)cc1C(=O)O. The highest BCUT2D eigenvalue weighted by atomic mass is 16.5. The lowest BCUT2D eigenvalue weighted by molar-refractivity contribution is -0.141. The van der Waals surface area contributed by atoms with Crippen LogP contribution in [0.3, 0.4) is 0 Å². The van der Waals surface area contributed by atoms with Crippen molar-refractivity contribution in [3.8, 4) is 16.9 Å². The number of carboxylic acid groups (broad SMARTS) is 2. The van der Waals surface area contributed by atoms with Crippen LogP contribution in [0.1, 0.15) is 39.6 Å². The predicted molar refractivity (Wildman–Crippen MR) is 128 cm³/mol. The second kappa shape index (κ2) is 11.1. The van der Waals surface area contributed by atoms with Crippen LogP contribution in [-0.2, 0) is 11.2 Å². The molecule has 0 aromatic heterocycles. The Balaban J connectivity index is 1.79. The molecule has 3 N–H and O–H groups in total. The van der Waals surface area contributed by atoms with E-state index in [1.807, 2.05) is 54.6 Å². The summed E-state index contributed by atoms with van der Waals surface area (Å²) in [7, 11) is 1.36. The van der Waals surface area contributed by atoms with Gasteiger partial charge in [-0.15, -0.1) is 0 Å². The molecule has 7 heteroatoms. The molecule has 0 unspecified atom stereocenters. The normalized spacial score (nSPS) is 12.4. The molecule has 176 valence electrons. The van der Waals surface area contributed by atoms with Crippen molar-refractivity contribution in [2.24, 2.45) is 5.92 Å². The van der Waals surface area contributed by atoms with Crippen molar-refractivity contribution in [3.63, 3.8) is 0 Å². The first kappa shape index (κ1) is 24.5. The van der Waals surface area contributed by atoms with Crippen LogP contribution in [-0.4, -0.2) is 41.2 Å². The minimum atomic E-state index is -1.21. The summed E-state index contributed by atoms with van der Waals surface area (Å²) in [5.74, 6) is -3.15. The number of nitrogens with one attached hydrogen (secondary N) is 1. The fourth-order valence-corrected chi connectivity index (χ4v) is 3.75. The average Bonchev–Trinajstić information content (AvgIpc) is 2.84. The number of aliphatic carboxylic acids is 1. The maximum absolute atomic E-state index is 12.9. The van der Waals surface area contributed by atoms with Crippen LogP contribution in [0, 0.1) is 5.92 Å². The van der Waals surface area contributed by atoms with E-state index in [1.54, 1.807) is 6.92 Å². The van der Waals surface area contributed by atoms with Crippen LogP contribution >= 0.6 is 0 Å². The zero-order chi connectivity index (χ0) is 24.7. The smallest absolute Gasteiger partial charge is 0.339 e. The van der Waals surface area contributed by atoms with Crippen LogP contribution < -0.4 is 10.1 Å². The molecule has 0 aliphatic carbocycles. The van der Waals surface area contributed by atoms with Crippen LogP contribution in [0.15, 0.2) is 72.8 Å². The summed E-state index contributed by atoms with van der Waals surface area (Å²) in [6.07, 6.45) is 0.657. The summed E-state index contributed by atoms with van der Waals surface area (Å²) in [6, 6.07) is 21.5. The number of ether oxygens (including phenoxy) is 1. The fraction of sp³-hybridized carbons (Fsp3) is 0.222. The average molecular weight is 462 g/mol. The third-order valence-corrected chi connectivity index (χ3v) is 5.63. The first-order valence-electron chi connectivity index (χ1n) is 10.9. The van der Waals surface area contributed by atoms with Crippen molar-refractivity contribution in [3.05, 3.63) is 89.5 Å². The summed E-state index contributed by atoms with van der Waals surface area (Å²) in [5.41, 5.74) is 3.13. The van der Waals surface area contributed by atoms with E-state index in [-0.39, 0.29) is 23.3 Å². The standard InChI is InChI=1S/C27H27NO6/c1-17(26(30)31)14-22(15-18-8-10-20(11-9-18)19-6-4-3-5-7-19)28-25(29)21-12-13-24(34-2)23(16-21)27(32)33/h3-13,16-17,22H,14-15H2,1-2H3,(H,28,29)(H,30,31)(H,32,33)/t17-,22+/m1/s1. The number of hydrogen-bond donors (Lipinski definition) is 3. The van der Waals surface area contributed by atoms with Crippen molar-refractivity contribution >= 4 is 17.8 Å². The Hall–Kier alpha value is -4.13. The van der Waals surface area contributed by atoms with Gasteiger partial charge in [0.2, 0.25) is 0 Å². The Bertz CT molecular complexity index is 1160. The van der Waals surface area contributed by atoms with E-state index in [1.165, 1.54) is 25.3 Å². The van der Waals surface area contributed by atoms with Crippen molar-refractivity contribution in [2.45, 2.75) is 25.8 Å². The molecule has 3 rings (SSSR count). The number of benzene rings is 3. The zero-order valence-corrected chi connectivity index (χ0v) is 19.0. The van der Waals surface area contributed by atoms with E-state index < -0.39 is 29.8 Å². The maximum Gasteiger partial charge on any atom is 0.339 e. The third-order valence-electron chi connectivity index (χ3n) is 5.63. The van der Waals surface area contributed by atoms with E-state index in [4.69, 9.17) is 4.74 Å². The topological polar surface area (TPSA) is 113 Å². The Morgan fingerprint density at radius 1 is 0.912 bits per heavy atom. The Morgan fingerprint density at radius 3 is 2.15 bits per heavy atom. The first-order valence-corrected chi connectivity index (χ1v) is 10.9. The number of hydrogen-bond acceptors (Lipinski definition) is 4. The molecular weight excluding hydrogens is 434 g/mol. The highest BCUT2D eigenvalue weighted by Gasteiger charge is 2.22. The molecule has 0 saturated heterocycles. The molecule has 34 heavy (non-hydrogen) atoms. The van der Waals surface area contributed by atoms with Gasteiger partial charge in [0.15, 0.2) is 0 Å². The summed E-state index contributed by atoms with van der Waals surface area (Å²) < 4.78 is 5.04. The second-order valence-electron chi connectivity index (χ2n) is 8.13. The molecule has 0 radical (unpaired) electrons. The van der Waals surface area contributed by atoms with Crippen LogP contribution in [0.5, 0.6) is 5.75 Å². The van der Waals surface area contributed by atoms with E-state index in [2.05, 4.69) is 5.32 Å². The minimum Gasteiger partial charge on any atom is -0.496 e. The maximum atomic E-state index is 12.9. The van der Waals surface area contributed by atoms with Crippen molar-refractivity contribution in [2.75, 3.05) is 7.11 Å². The third kappa shape index (κ3) is 6.22. The molecule has 0 saturated carbocycles. The van der Waals surface area contributed by atoms with Gasteiger partial charge in [-0.05, 0) is 47.7 Å². The summed E-state index contributed by atoms with van der Waals surface area (Å²) >= 11 is 0. The number of amides is 1. The monoisotopic (exact) mass is 461 g/mol. The van der Waals surface area contributed by atoms with Gasteiger partial charge in [-0.3, -0.25) is 9.59 Å². The van der Waals surface area contributed by atoms with Gasteiger partial charge >= 0.3 is 11.9 Å². The summed E-state index contributed by atoms with van der Waals surface area (Å²) in [4.78, 5) is 35.9. The molecule has 2 atom stereocenters.